The van der Waals surface area contributed by atoms with Crippen molar-refractivity contribution in [3.8, 4) is 0 Å². The Labute approximate surface area is 107 Å². The van der Waals surface area contributed by atoms with Crippen LogP contribution in [0.4, 0.5) is 0 Å². The first-order valence-electron chi connectivity index (χ1n) is 7.57. The fourth-order valence-electron chi connectivity index (χ4n) is 4.28. The van der Waals surface area contributed by atoms with E-state index < -0.39 is 0 Å². The minimum atomic E-state index is 0.645. The van der Waals surface area contributed by atoms with Crippen molar-refractivity contribution in [2.75, 3.05) is 13.1 Å². The van der Waals surface area contributed by atoms with Crippen LogP contribution in [0.1, 0.15) is 52.9 Å². The fraction of sp³-hybridized carbons (Fsp3) is 1.00. The van der Waals surface area contributed by atoms with E-state index >= 15 is 0 Å². The summed E-state index contributed by atoms with van der Waals surface area (Å²) in [6, 6.07) is 1.45. The molecule has 17 heavy (non-hydrogen) atoms. The first-order chi connectivity index (χ1) is 8.11. The standard InChI is InChI=1S/C15H30N2/c1-11-7-12(2)9-14(8-11)17-6-4-5-13(3)15(17)10-16/h11-15H,4-10,16H2,1-3H3. The van der Waals surface area contributed by atoms with Gasteiger partial charge in [-0.25, -0.2) is 0 Å². The smallest absolute Gasteiger partial charge is 0.0246 e. The van der Waals surface area contributed by atoms with Crippen LogP contribution < -0.4 is 5.73 Å². The van der Waals surface area contributed by atoms with E-state index in [0.717, 1.165) is 30.3 Å². The summed E-state index contributed by atoms with van der Waals surface area (Å²) in [6.07, 6.45) is 6.96. The Balaban J connectivity index is 2.03. The summed E-state index contributed by atoms with van der Waals surface area (Å²) >= 11 is 0. The highest BCUT2D eigenvalue weighted by Gasteiger charge is 2.35. The van der Waals surface area contributed by atoms with Crippen molar-refractivity contribution in [3.05, 3.63) is 0 Å². The van der Waals surface area contributed by atoms with E-state index in [1.165, 1.54) is 38.6 Å². The largest absolute Gasteiger partial charge is 0.329 e. The molecular weight excluding hydrogens is 208 g/mol. The van der Waals surface area contributed by atoms with Crippen molar-refractivity contribution in [2.24, 2.45) is 23.5 Å². The third-order valence-corrected chi connectivity index (χ3v) is 5.02. The fourth-order valence-corrected chi connectivity index (χ4v) is 4.28. The van der Waals surface area contributed by atoms with Gasteiger partial charge in [-0.05, 0) is 56.4 Å². The monoisotopic (exact) mass is 238 g/mol. The Morgan fingerprint density at radius 1 is 1.06 bits per heavy atom. The SMILES string of the molecule is CC1CC(C)CC(N2CCCC(C)C2CN)C1. The molecule has 2 heteroatoms. The Kier molecular flexibility index (Phi) is 4.48. The second-order valence-electron chi connectivity index (χ2n) is 6.73. The van der Waals surface area contributed by atoms with Gasteiger partial charge in [0, 0.05) is 18.6 Å². The van der Waals surface area contributed by atoms with Gasteiger partial charge in [0.25, 0.3) is 0 Å². The highest BCUT2D eigenvalue weighted by Crippen LogP contribution is 2.35. The zero-order valence-electron chi connectivity index (χ0n) is 11.9. The van der Waals surface area contributed by atoms with Crippen LogP contribution in [0.3, 0.4) is 0 Å². The van der Waals surface area contributed by atoms with Gasteiger partial charge in [0.1, 0.15) is 0 Å². The summed E-state index contributed by atoms with van der Waals surface area (Å²) in [5.74, 6) is 2.60. The molecule has 0 bridgehead atoms. The van der Waals surface area contributed by atoms with E-state index in [-0.39, 0.29) is 0 Å². The lowest BCUT2D eigenvalue weighted by Gasteiger charge is -2.47. The minimum absolute atomic E-state index is 0.645. The van der Waals surface area contributed by atoms with Crippen molar-refractivity contribution < 1.29 is 0 Å². The molecule has 1 aliphatic heterocycles. The van der Waals surface area contributed by atoms with E-state index in [1.807, 2.05) is 0 Å². The van der Waals surface area contributed by atoms with Crippen LogP contribution >= 0.6 is 0 Å². The topological polar surface area (TPSA) is 29.3 Å². The molecule has 4 unspecified atom stereocenters. The van der Waals surface area contributed by atoms with Crippen molar-refractivity contribution in [1.82, 2.24) is 4.90 Å². The van der Waals surface area contributed by atoms with Crippen LogP contribution in [0.25, 0.3) is 0 Å². The molecule has 1 heterocycles. The highest BCUT2D eigenvalue weighted by atomic mass is 15.2. The maximum absolute atomic E-state index is 6.02. The van der Waals surface area contributed by atoms with Crippen molar-refractivity contribution in [2.45, 2.75) is 65.0 Å². The maximum atomic E-state index is 6.02. The van der Waals surface area contributed by atoms with Gasteiger partial charge in [-0.1, -0.05) is 20.8 Å². The normalized spacial score (nSPS) is 44.8. The van der Waals surface area contributed by atoms with Crippen molar-refractivity contribution in [1.29, 1.82) is 0 Å². The molecular formula is C15H30N2. The van der Waals surface area contributed by atoms with Gasteiger partial charge in [0.05, 0.1) is 0 Å². The van der Waals surface area contributed by atoms with Gasteiger partial charge in [0.2, 0.25) is 0 Å². The number of nitrogens with zero attached hydrogens (tertiary/aromatic N) is 1. The molecule has 2 rings (SSSR count). The molecule has 0 aromatic carbocycles. The van der Waals surface area contributed by atoms with E-state index in [9.17, 15) is 0 Å². The Morgan fingerprint density at radius 2 is 1.71 bits per heavy atom. The average molecular weight is 238 g/mol. The number of hydrogen-bond donors (Lipinski definition) is 1. The molecule has 4 atom stereocenters. The third-order valence-electron chi connectivity index (χ3n) is 5.02. The summed E-state index contributed by atoms with van der Waals surface area (Å²) < 4.78 is 0. The lowest BCUT2D eigenvalue weighted by atomic mass is 9.78. The number of nitrogens with two attached hydrogens (primary N) is 1. The van der Waals surface area contributed by atoms with Crippen LogP contribution in [0.5, 0.6) is 0 Å². The zero-order chi connectivity index (χ0) is 12.4. The first-order valence-corrected chi connectivity index (χ1v) is 7.57. The summed E-state index contributed by atoms with van der Waals surface area (Å²) in [7, 11) is 0. The van der Waals surface area contributed by atoms with Crippen molar-refractivity contribution in [3.63, 3.8) is 0 Å². The molecule has 0 radical (unpaired) electrons. The molecule has 2 N–H and O–H groups in total. The van der Waals surface area contributed by atoms with Gasteiger partial charge in [-0.2, -0.15) is 0 Å². The summed E-state index contributed by atoms with van der Waals surface area (Å²) in [4.78, 5) is 2.76. The number of rotatable bonds is 2. The highest BCUT2D eigenvalue weighted by molar-refractivity contribution is 4.90. The molecule has 100 valence electrons. The quantitative estimate of drug-likeness (QED) is 0.801. The van der Waals surface area contributed by atoms with Crippen LogP contribution in [0.15, 0.2) is 0 Å². The van der Waals surface area contributed by atoms with Crippen LogP contribution in [-0.4, -0.2) is 30.1 Å². The number of likely N-dealkylation sites (tertiary alicyclic amines) is 1. The van der Waals surface area contributed by atoms with Crippen LogP contribution in [-0.2, 0) is 0 Å². The molecule has 2 aliphatic rings. The molecule has 0 aromatic heterocycles. The van der Waals surface area contributed by atoms with Crippen LogP contribution in [0.2, 0.25) is 0 Å². The Hall–Kier alpha value is -0.0800. The second-order valence-corrected chi connectivity index (χ2v) is 6.73. The molecule has 1 saturated carbocycles. The second kappa shape index (κ2) is 5.71. The predicted octanol–water partition coefficient (Wildman–Crippen LogP) is 2.87. The van der Waals surface area contributed by atoms with E-state index in [1.54, 1.807) is 0 Å². The minimum Gasteiger partial charge on any atom is -0.329 e. The first kappa shape index (κ1) is 13.4. The van der Waals surface area contributed by atoms with Gasteiger partial charge in [0.15, 0.2) is 0 Å². The molecule has 1 aliphatic carbocycles. The van der Waals surface area contributed by atoms with Gasteiger partial charge >= 0.3 is 0 Å². The average Bonchev–Trinajstić information content (AvgIpc) is 2.27. The number of piperidine rings is 1. The van der Waals surface area contributed by atoms with Gasteiger partial charge in [-0.15, -0.1) is 0 Å². The zero-order valence-corrected chi connectivity index (χ0v) is 11.9. The molecule has 1 saturated heterocycles. The summed E-state index contributed by atoms with van der Waals surface area (Å²) in [5.41, 5.74) is 6.02. The van der Waals surface area contributed by atoms with E-state index in [0.29, 0.717) is 6.04 Å². The molecule has 0 aromatic rings. The maximum Gasteiger partial charge on any atom is 0.0246 e. The molecule has 0 spiro atoms. The lowest BCUT2D eigenvalue weighted by Crippen LogP contribution is -2.54. The molecule has 2 nitrogen and oxygen atoms in total. The van der Waals surface area contributed by atoms with Crippen LogP contribution in [0, 0.1) is 17.8 Å². The van der Waals surface area contributed by atoms with E-state index in [4.69, 9.17) is 5.73 Å². The Morgan fingerprint density at radius 3 is 2.29 bits per heavy atom. The van der Waals surface area contributed by atoms with Crippen molar-refractivity contribution >= 4 is 0 Å². The summed E-state index contributed by atoms with van der Waals surface area (Å²) in [6.45, 7) is 9.37. The van der Waals surface area contributed by atoms with E-state index in [2.05, 4.69) is 25.7 Å². The predicted molar refractivity (Wildman–Crippen MR) is 73.9 cm³/mol. The number of hydrogen-bond acceptors (Lipinski definition) is 2. The van der Waals surface area contributed by atoms with Gasteiger partial charge < -0.3 is 5.73 Å². The van der Waals surface area contributed by atoms with Gasteiger partial charge in [-0.3, -0.25) is 4.90 Å². The molecule has 0 amide bonds. The lowest BCUT2D eigenvalue weighted by molar-refractivity contribution is 0.0248. The summed E-state index contributed by atoms with van der Waals surface area (Å²) in [5, 5.41) is 0. The third kappa shape index (κ3) is 3.03. The molecule has 2 fully saturated rings. The Bertz CT molecular complexity index is 231.